The molecule has 28 heavy (non-hydrogen) atoms. The number of nitrogens with zero attached hydrogens (tertiary/aromatic N) is 3. The molecule has 2 aromatic carbocycles. The molecule has 5 heteroatoms. The van der Waals surface area contributed by atoms with E-state index in [1.54, 1.807) is 0 Å². The first-order valence-corrected chi connectivity index (χ1v) is 10.0. The molecule has 0 amide bonds. The Kier molecular flexibility index (Phi) is 5.62. The maximum Gasteiger partial charge on any atom is 0.0950 e. The van der Waals surface area contributed by atoms with Crippen molar-refractivity contribution in [2.24, 2.45) is 0 Å². The molecule has 144 valence electrons. The highest BCUT2D eigenvalue weighted by atomic mass is 35.5. The van der Waals surface area contributed by atoms with Crippen LogP contribution in [0.1, 0.15) is 12.1 Å². The lowest BCUT2D eigenvalue weighted by Gasteiger charge is -2.13. The SMILES string of the molecule is CN(C)CCCNCc1ccc2c(-c3ccccc3)nc3cc(Cl)ccc3n12. The molecule has 0 aliphatic heterocycles. The molecule has 2 heterocycles. The molecule has 4 nitrogen and oxygen atoms in total. The minimum absolute atomic E-state index is 0.703. The van der Waals surface area contributed by atoms with Crippen molar-refractivity contribution in [2.45, 2.75) is 13.0 Å². The maximum atomic E-state index is 6.26. The van der Waals surface area contributed by atoms with E-state index in [2.05, 4.69) is 59.0 Å². The number of benzene rings is 2. The van der Waals surface area contributed by atoms with Crippen molar-refractivity contribution in [1.29, 1.82) is 0 Å². The molecule has 2 aromatic heterocycles. The van der Waals surface area contributed by atoms with E-state index >= 15 is 0 Å². The van der Waals surface area contributed by atoms with Crippen LogP contribution in [0, 0.1) is 0 Å². The highest BCUT2D eigenvalue weighted by molar-refractivity contribution is 6.31. The van der Waals surface area contributed by atoms with Crippen LogP contribution in [0.4, 0.5) is 0 Å². The van der Waals surface area contributed by atoms with Crippen LogP contribution in [-0.2, 0) is 6.54 Å². The molecule has 0 bridgehead atoms. The van der Waals surface area contributed by atoms with Crippen LogP contribution in [0.3, 0.4) is 0 Å². The van der Waals surface area contributed by atoms with E-state index in [1.807, 2.05) is 30.3 Å². The van der Waals surface area contributed by atoms with Crippen LogP contribution in [0.5, 0.6) is 0 Å². The number of hydrogen-bond acceptors (Lipinski definition) is 3. The van der Waals surface area contributed by atoms with Crippen molar-refractivity contribution < 1.29 is 0 Å². The summed E-state index contributed by atoms with van der Waals surface area (Å²) in [5.74, 6) is 0. The van der Waals surface area contributed by atoms with Crippen molar-refractivity contribution in [1.82, 2.24) is 19.6 Å². The molecular formula is C23H25ClN4. The predicted octanol–water partition coefficient (Wildman–Crippen LogP) is 4.85. The Morgan fingerprint density at radius 1 is 1.00 bits per heavy atom. The molecule has 4 rings (SSSR count). The zero-order chi connectivity index (χ0) is 19.5. The first kappa shape index (κ1) is 18.9. The Labute approximate surface area is 170 Å². The van der Waals surface area contributed by atoms with E-state index in [0.717, 1.165) is 53.9 Å². The summed E-state index contributed by atoms with van der Waals surface area (Å²) >= 11 is 6.26. The second-order valence-electron chi connectivity index (χ2n) is 7.34. The summed E-state index contributed by atoms with van der Waals surface area (Å²) in [6, 6.07) is 20.6. The highest BCUT2D eigenvalue weighted by Gasteiger charge is 2.13. The molecule has 0 saturated carbocycles. The van der Waals surface area contributed by atoms with Gasteiger partial charge < -0.3 is 14.6 Å². The van der Waals surface area contributed by atoms with E-state index < -0.39 is 0 Å². The standard InChI is InChI=1S/C23H25ClN4/c1-27(2)14-6-13-25-16-19-10-12-22-23(17-7-4-3-5-8-17)26-20-15-18(24)9-11-21(20)28(19)22/h3-5,7-12,15,25H,6,13-14,16H2,1-2H3. The molecule has 0 atom stereocenters. The minimum atomic E-state index is 0.703. The Morgan fingerprint density at radius 2 is 1.79 bits per heavy atom. The molecule has 4 aromatic rings. The number of hydrogen-bond donors (Lipinski definition) is 1. The first-order valence-electron chi connectivity index (χ1n) is 9.64. The van der Waals surface area contributed by atoms with E-state index in [0.29, 0.717) is 5.02 Å². The van der Waals surface area contributed by atoms with Gasteiger partial charge in [-0.25, -0.2) is 4.98 Å². The van der Waals surface area contributed by atoms with Crippen LogP contribution in [-0.4, -0.2) is 41.5 Å². The van der Waals surface area contributed by atoms with E-state index in [9.17, 15) is 0 Å². The lowest BCUT2D eigenvalue weighted by molar-refractivity contribution is 0.394. The van der Waals surface area contributed by atoms with Gasteiger partial charge in [0.1, 0.15) is 0 Å². The number of rotatable bonds is 7. The number of halogens is 1. The normalized spacial score (nSPS) is 11.7. The largest absolute Gasteiger partial charge is 0.311 e. The second-order valence-corrected chi connectivity index (χ2v) is 7.77. The summed E-state index contributed by atoms with van der Waals surface area (Å²) in [6.07, 6.45) is 1.13. The van der Waals surface area contributed by atoms with Gasteiger partial charge in [0.2, 0.25) is 0 Å². The molecular weight excluding hydrogens is 368 g/mol. The highest BCUT2D eigenvalue weighted by Crippen LogP contribution is 2.29. The average Bonchev–Trinajstić information content (AvgIpc) is 3.11. The lowest BCUT2D eigenvalue weighted by Crippen LogP contribution is -2.21. The third kappa shape index (κ3) is 3.90. The molecule has 0 fully saturated rings. The number of nitrogens with one attached hydrogen (secondary N) is 1. The van der Waals surface area contributed by atoms with Gasteiger partial charge in [-0.2, -0.15) is 0 Å². The topological polar surface area (TPSA) is 32.6 Å². The summed E-state index contributed by atoms with van der Waals surface area (Å²) in [7, 11) is 4.21. The van der Waals surface area contributed by atoms with Crippen LogP contribution in [0.2, 0.25) is 5.02 Å². The van der Waals surface area contributed by atoms with Gasteiger partial charge >= 0.3 is 0 Å². The van der Waals surface area contributed by atoms with Gasteiger partial charge in [0.05, 0.1) is 22.2 Å². The molecule has 1 N–H and O–H groups in total. The van der Waals surface area contributed by atoms with Gasteiger partial charge in [-0.15, -0.1) is 0 Å². The van der Waals surface area contributed by atoms with Gasteiger partial charge in [0.25, 0.3) is 0 Å². The molecule has 0 radical (unpaired) electrons. The lowest BCUT2D eigenvalue weighted by atomic mass is 10.1. The van der Waals surface area contributed by atoms with Gasteiger partial charge in [-0.05, 0) is 63.9 Å². The smallest absolute Gasteiger partial charge is 0.0950 e. The van der Waals surface area contributed by atoms with Gasteiger partial charge in [0, 0.05) is 22.8 Å². The fourth-order valence-electron chi connectivity index (χ4n) is 3.58. The van der Waals surface area contributed by atoms with Crippen LogP contribution >= 0.6 is 11.6 Å². The van der Waals surface area contributed by atoms with E-state index in [4.69, 9.17) is 16.6 Å². The quantitative estimate of drug-likeness (QED) is 0.456. The van der Waals surface area contributed by atoms with E-state index in [-0.39, 0.29) is 0 Å². The Balaban J connectivity index is 1.76. The van der Waals surface area contributed by atoms with Crippen molar-refractivity contribution in [3.8, 4) is 11.3 Å². The molecule has 0 aliphatic rings. The second kappa shape index (κ2) is 8.31. The van der Waals surface area contributed by atoms with Crippen molar-refractivity contribution in [2.75, 3.05) is 27.2 Å². The summed E-state index contributed by atoms with van der Waals surface area (Å²) in [6.45, 7) is 2.90. The summed E-state index contributed by atoms with van der Waals surface area (Å²) < 4.78 is 2.31. The third-order valence-corrected chi connectivity index (χ3v) is 5.16. The minimum Gasteiger partial charge on any atom is -0.311 e. The fraction of sp³-hybridized carbons (Fsp3) is 0.261. The van der Waals surface area contributed by atoms with Crippen molar-refractivity contribution in [3.63, 3.8) is 0 Å². The van der Waals surface area contributed by atoms with Crippen molar-refractivity contribution >= 4 is 28.2 Å². The Morgan fingerprint density at radius 3 is 2.57 bits per heavy atom. The monoisotopic (exact) mass is 392 g/mol. The third-order valence-electron chi connectivity index (χ3n) is 4.93. The summed E-state index contributed by atoms with van der Waals surface area (Å²) in [4.78, 5) is 7.16. The van der Waals surface area contributed by atoms with E-state index in [1.165, 1.54) is 5.69 Å². The summed E-state index contributed by atoms with van der Waals surface area (Å²) in [5.41, 5.74) is 6.42. The zero-order valence-corrected chi connectivity index (χ0v) is 17.1. The number of fused-ring (bicyclic) bond motifs is 3. The summed E-state index contributed by atoms with van der Waals surface area (Å²) in [5, 5.41) is 4.28. The number of aromatic nitrogens is 2. The zero-order valence-electron chi connectivity index (χ0n) is 16.3. The van der Waals surface area contributed by atoms with Gasteiger partial charge in [0.15, 0.2) is 0 Å². The fourth-order valence-corrected chi connectivity index (χ4v) is 3.75. The first-order chi connectivity index (χ1) is 13.6. The van der Waals surface area contributed by atoms with Crippen LogP contribution in [0.15, 0.2) is 60.7 Å². The molecule has 0 unspecified atom stereocenters. The molecule has 0 spiro atoms. The van der Waals surface area contributed by atoms with Gasteiger partial charge in [-0.1, -0.05) is 41.9 Å². The van der Waals surface area contributed by atoms with Crippen LogP contribution < -0.4 is 5.32 Å². The average molecular weight is 393 g/mol. The van der Waals surface area contributed by atoms with Crippen molar-refractivity contribution in [3.05, 3.63) is 71.4 Å². The maximum absolute atomic E-state index is 6.26. The molecule has 0 aliphatic carbocycles. The Bertz CT molecular complexity index is 1090. The van der Waals surface area contributed by atoms with Crippen LogP contribution in [0.25, 0.3) is 27.8 Å². The Hall–Kier alpha value is -2.40. The predicted molar refractivity (Wildman–Crippen MR) is 118 cm³/mol. The molecule has 0 saturated heterocycles. The van der Waals surface area contributed by atoms with Gasteiger partial charge in [-0.3, -0.25) is 0 Å².